The minimum atomic E-state index is -4.31. The molecule has 2 aromatic carbocycles. The highest BCUT2D eigenvalue weighted by Crippen LogP contribution is 2.33. The van der Waals surface area contributed by atoms with Crippen LogP contribution in [0.4, 0.5) is 13.2 Å². The molecule has 3 rings (SSSR count). The van der Waals surface area contributed by atoms with Gasteiger partial charge in [0.2, 0.25) is 0 Å². The van der Waals surface area contributed by atoms with Gasteiger partial charge in [0.25, 0.3) is 0 Å². The summed E-state index contributed by atoms with van der Waals surface area (Å²) in [5.41, 5.74) is 3.57. The Labute approximate surface area is 162 Å². The monoisotopic (exact) mass is 399 g/mol. The van der Waals surface area contributed by atoms with Crippen LogP contribution in [-0.2, 0) is 19.1 Å². The fourth-order valence-electron chi connectivity index (χ4n) is 3.28. The van der Waals surface area contributed by atoms with Gasteiger partial charge in [0.05, 0.1) is 19.8 Å². The molecule has 0 N–H and O–H groups in total. The van der Waals surface area contributed by atoms with Crippen molar-refractivity contribution in [1.82, 2.24) is 0 Å². The zero-order chi connectivity index (χ0) is 18.9. The van der Waals surface area contributed by atoms with E-state index in [4.69, 9.17) is 9.47 Å². The van der Waals surface area contributed by atoms with Crippen molar-refractivity contribution < 1.29 is 39.6 Å². The molecule has 0 bridgehead atoms. The maximum absolute atomic E-state index is 12.7. The van der Waals surface area contributed by atoms with Gasteiger partial charge in [0, 0.05) is 24.5 Å². The lowest BCUT2D eigenvalue weighted by atomic mass is 9.96. The van der Waals surface area contributed by atoms with Gasteiger partial charge in [-0.05, 0) is 29.8 Å². The fourth-order valence-corrected chi connectivity index (χ4v) is 3.28. The van der Waals surface area contributed by atoms with E-state index in [9.17, 15) is 13.2 Å². The highest BCUT2D eigenvalue weighted by atomic mass is 35.5. The number of alkyl halides is 3. The Morgan fingerprint density at radius 1 is 1.00 bits per heavy atom. The molecule has 3 nitrogen and oxygen atoms in total. The van der Waals surface area contributed by atoms with Crippen LogP contribution in [0.15, 0.2) is 36.4 Å². The Balaban J connectivity index is 0.00000261. The number of hydrogen-bond acceptors (Lipinski definition) is 2. The summed E-state index contributed by atoms with van der Waals surface area (Å²) < 4.78 is 51.0. The van der Waals surface area contributed by atoms with Gasteiger partial charge >= 0.3 is 6.18 Å². The first-order chi connectivity index (χ1) is 12.3. The normalized spacial score (nSPS) is 13.7. The van der Waals surface area contributed by atoms with E-state index in [2.05, 4.69) is 4.58 Å². The third-order valence-corrected chi connectivity index (χ3v) is 4.78. The molecule has 0 amide bonds. The molecule has 0 atom stereocenters. The molecule has 27 heavy (non-hydrogen) atoms. The molecule has 0 spiro atoms. The van der Waals surface area contributed by atoms with Crippen LogP contribution >= 0.6 is 0 Å². The Morgan fingerprint density at radius 3 is 2.15 bits per heavy atom. The maximum Gasteiger partial charge on any atom is 0.416 e. The quantitative estimate of drug-likeness (QED) is 0.723. The van der Waals surface area contributed by atoms with Crippen molar-refractivity contribution in [2.45, 2.75) is 26.1 Å². The summed E-state index contributed by atoms with van der Waals surface area (Å²) in [6.45, 7) is 3.39. The number of benzene rings is 2. The van der Waals surface area contributed by atoms with E-state index in [1.54, 1.807) is 26.4 Å². The van der Waals surface area contributed by atoms with Crippen LogP contribution in [0.2, 0.25) is 0 Å². The minimum Gasteiger partial charge on any atom is -1.00 e. The maximum atomic E-state index is 12.7. The van der Waals surface area contributed by atoms with Crippen molar-refractivity contribution in [2.75, 3.05) is 20.8 Å². The molecule has 1 heterocycles. The molecule has 1 aliphatic heterocycles. The number of halogens is 4. The van der Waals surface area contributed by atoms with Crippen molar-refractivity contribution in [3.63, 3.8) is 0 Å². The number of nitrogens with zero attached hydrogens (tertiary/aromatic N) is 1. The zero-order valence-corrected chi connectivity index (χ0v) is 16.1. The molecule has 0 saturated carbocycles. The molecule has 0 fully saturated rings. The summed E-state index contributed by atoms with van der Waals surface area (Å²) in [6, 6.07) is 9.31. The number of fused-ring (bicyclic) bond motifs is 1. The lowest BCUT2D eigenvalue weighted by Gasteiger charge is -2.19. The van der Waals surface area contributed by atoms with E-state index < -0.39 is 11.7 Å². The van der Waals surface area contributed by atoms with Crippen molar-refractivity contribution in [2.24, 2.45) is 0 Å². The number of rotatable bonds is 4. The minimum absolute atomic E-state index is 0. The Bertz CT molecular complexity index is 846. The standard InChI is InChI=1S/C20H21F3NO2.ClH/c1-13-17-11-19(26-3)18(25-2)10-15(17)8-9-24(13)12-14-4-6-16(7-5-14)20(21,22)23;/h4-7,10-11H,8-9,12H2,1-3H3;1H/q+1;/p-1. The summed E-state index contributed by atoms with van der Waals surface area (Å²) in [6.07, 6.45) is -3.46. The molecular weight excluding hydrogens is 379 g/mol. The molecule has 0 saturated heterocycles. The molecule has 0 aliphatic carbocycles. The zero-order valence-electron chi connectivity index (χ0n) is 15.4. The molecule has 2 aromatic rings. The predicted molar refractivity (Wildman–Crippen MR) is 93.3 cm³/mol. The molecule has 0 unspecified atom stereocenters. The number of hydrogen-bond donors (Lipinski definition) is 0. The topological polar surface area (TPSA) is 21.5 Å². The highest BCUT2D eigenvalue weighted by Gasteiger charge is 2.30. The second-order valence-corrected chi connectivity index (χ2v) is 6.32. The van der Waals surface area contributed by atoms with Crippen LogP contribution in [0.3, 0.4) is 0 Å². The van der Waals surface area contributed by atoms with E-state index in [0.29, 0.717) is 18.0 Å². The predicted octanol–water partition coefficient (Wildman–Crippen LogP) is 1.30. The third kappa shape index (κ3) is 4.38. The smallest absolute Gasteiger partial charge is 0.416 e. The summed E-state index contributed by atoms with van der Waals surface area (Å²) in [4.78, 5) is 0. The van der Waals surface area contributed by atoms with Gasteiger partial charge in [0.15, 0.2) is 23.8 Å². The van der Waals surface area contributed by atoms with E-state index >= 15 is 0 Å². The van der Waals surface area contributed by atoms with Crippen LogP contribution in [0, 0.1) is 0 Å². The van der Waals surface area contributed by atoms with Crippen LogP contribution < -0.4 is 21.9 Å². The summed E-state index contributed by atoms with van der Waals surface area (Å²) in [5, 5.41) is 0. The number of ether oxygens (including phenoxy) is 2. The van der Waals surface area contributed by atoms with Gasteiger partial charge in [-0.25, -0.2) is 4.58 Å². The lowest BCUT2D eigenvalue weighted by Crippen LogP contribution is -3.00. The molecular formula is C20H21ClF3NO2. The molecule has 0 aromatic heterocycles. The van der Waals surface area contributed by atoms with Crippen LogP contribution in [0.5, 0.6) is 11.5 Å². The van der Waals surface area contributed by atoms with Crippen molar-refractivity contribution in [1.29, 1.82) is 0 Å². The first-order valence-electron chi connectivity index (χ1n) is 8.33. The van der Waals surface area contributed by atoms with E-state index in [-0.39, 0.29) is 12.4 Å². The van der Waals surface area contributed by atoms with Gasteiger partial charge in [0.1, 0.15) is 6.54 Å². The van der Waals surface area contributed by atoms with Gasteiger partial charge in [-0.15, -0.1) is 0 Å². The van der Waals surface area contributed by atoms with Crippen LogP contribution in [-0.4, -0.2) is 31.1 Å². The SMILES string of the molecule is COc1cc2c(cc1OC)C(C)=[N+](Cc1ccc(C(F)(F)F)cc1)CC2.[Cl-]. The highest BCUT2D eigenvalue weighted by molar-refractivity contribution is 5.97. The summed E-state index contributed by atoms with van der Waals surface area (Å²) in [5.74, 6) is 1.37. The molecule has 7 heteroatoms. The van der Waals surface area contributed by atoms with Crippen molar-refractivity contribution in [3.05, 3.63) is 58.7 Å². The van der Waals surface area contributed by atoms with Gasteiger partial charge in [-0.1, -0.05) is 12.1 Å². The average molecular weight is 400 g/mol. The van der Waals surface area contributed by atoms with E-state index in [1.807, 2.05) is 19.1 Å². The van der Waals surface area contributed by atoms with Crippen LogP contribution in [0.1, 0.15) is 29.2 Å². The van der Waals surface area contributed by atoms with Gasteiger partial charge < -0.3 is 21.9 Å². The summed E-state index contributed by atoms with van der Waals surface area (Å²) >= 11 is 0. The average Bonchev–Trinajstić information content (AvgIpc) is 2.63. The van der Waals surface area contributed by atoms with Gasteiger partial charge in [-0.2, -0.15) is 13.2 Å². The van der Waals surface area contributed by atoms with E-state index in [0.717, 1.165) is 41.9 Å². The fraction of sp³-hybridized carbons (Fsp3) is 0.350. The lowest BCUT2D eigenvalue weighted by molar-refractivity contribution is -0.545. The Hall–Kier alpha value is -2.21. The third-order valence-electron chi connectivity index (χ3n) is 4.78. The Morgan fingerprint density at radius 2 is 1.59 bits per heavy atom. The molecule has 146 valence electrons. The van der Waals surface area contributed by atoms with E-state index in [1.165, 1.54) is 5.56 Å². The molecule has 1 aliphatic rings. The second kappa shape index (κ2) is 8.21. The first kappa shape index (κ1) is 21.1. The second-order valence-electron chi connectivity index (χ2n) is 6.32. The van der Waals surface area contributed by atoms with Gasteiger partial charge in [-0.3, -0.25) is 0 Å². The molecule has 0 radical (unpaired) electrons. The van der Waals surface area contributed by atoms with Crippen LogP contribution in [0.25, 0.3) is 0 Å². The largest absolute Gasteiger partial charge is 1.00 e. The Kier molecular flexibility index (Phi) is 6.42. The van der Waals surface area contributed by atoms with Crippen molar-refractivity contribution >= 4 is 5.71 Å². The number of methoxy groups -OCH3 is 2. The first-order valence-corrected chi connectivity index (χ1v) is 8.33. The van der Waals surface area contributed by atoms with Crippen molar-refractivity contribution in [3.8, 4) is 11.5 Å². The summed E-state index contributed by atoms with van der Waals surface area (Å²) in [7, 11) is 3.21.